The molecule has 5 rings (SSSR count). The van der Waals surface area contributed by atoms with E-state index >= 15 is 0 Å². The molecule has 0 aromatic heterocycles. The number of rotatable bonds is 8. The predicted molar refractivity (Wildman–Crippen MR) is 124 cm³/mol. The number of fused-ring (bicyclic) bond motifs is 3. The van der Waals surface area contributed by atoms with Crippen molar-refractivity contribution in [1.82, 2.24) is 15.1 Å². The molecule has 5 nitrogen and oxygen atoms in total. The van der Waals surface area contributed by atoms with Gasteiger partial charge in [0.15, 0.2) is 0 Å². The van der Waals surface area contributed by atoms with Crippen molar-refractivity contribution in [2.45, 2.75) is 51.7 Å². The molecule has 0 spiro atoms. The van der Waals surface area contributed by atoms with Crippen LogP contribution in [0.2, 0.25) is 0 Å². The van der Waals surface area contributed by atoms with Crippen LogP contribution in [-0.2, 0) is 13.1 Å². The molecule has 1 N–H and O–H groups in total. The smallest absolute Gasteiger partial charge is 0.318 e. The molecule has 2 aromatic rings. The highest BCUT2D eigenvalue weighted by Crippen LogP contribution is 2.38. The zero-order valence-electron chi connectivity index (χ0n) is 19.1. The van der Waals surface area contributed by atoms with E-state index in [1.54, 1.807) is 12.1 Å². The molecule has 3 fully saturated rings. The van der Waals surface area contributed by atoms with E-state index < -0.39 is 0 Å². The molecule has 3 aliphatic heterocycles. The van der Waals surface area contributed by atoms with Crippen molar-refractivity contribution in [3.63, 3.8) is 0 Å². The van der Waals surface area contributed by atoms with Crippen LogP contribution in [0.5, 0.6) is 5.75 Å². The average Bonchev–Trinajstić information content (AvgIpc) is 2.82. The molecule has 0 atom stereocenters. The average molecular weight is 440 g/mol. The maximum absolute atomic E-state index is 13.4. The Morgan fingerprint density at radius 2 is 1.62 bits per heavy atom. The summed E-state index contributed by atoms with van der Waals surface area (Å²) in [5.74, 6) is 1.07. The summed E-state index contributed by atoms with van der Waals surface area (Å²) in [7, 11) is 0. The molecule has 0 unspecified atom stereocenters. The third-order valence-electron chi connectivity index (χ3n) is 6.70. The summed E-state index contributed by atoms with van der Waals surface area (Å²) in [5, 5.41) is 3.13. The van der Waals surface area contributed by atoms with E-state index in [0.29, 0.717) is 25.6 Å². The predicted octanol–water partition coefficient (Wildman–Crippen LogP) is 4.81. The van der Waals surface area contributed by atoms with Crippen molar-refractivity contribution < 1.29 is 13.9 Å². The van der Waals surface area contributed by atoms with Crippen molar-refractivity contribution in [2.75, 3.05) is 26.2 Å². The van der Waals surface area contributed by atoms with Gasteiger partial charge in [-0.15, -0.1) is 0 Å². The van der Waals surface area contributed by atoms with Crippen molar-refractivity contribution in [3.8, 4) is 5.75 Å². The Kier molecular flexibility index (Phi) is 6.99. The van der Waals surface area contributed by atoms with Crippen LogP contribution in [0.3, 0.4) is 0 Å². The number of carbonyl (C=O) groups is 1. The number of amides is 2. The second-order valence-electron chi connectivity index (χ2n) is 9.54. The number of nitrogens with zero attached hydrogens (tertiary/aromatic N) is 2. The number of benzene rings is 2. The minimum atomic E-state index is -0.255. The molecular weight excluding hydrogens is 405 g/mol. The van der Waals surface area contributed by atoms with E-state index in [0.717, 1.165) is 55.8 Å². The summed E-state index contributed by atoms with van der Waals surface area (Å²) < 4.78 is 19.1. The first-order chi connectivity index (χ1) is 15.4. The van der Waals surface area contributed by atoms with E-state index in [-0.39, 0.29) is 17.4 Å². The van der Waals surface area contributed by atoms with Gasteiger partial charge in [-0.3, -0.25) is 0 Å². The quantitative estimate of drug-likeness (QED) is 0.642. The van der Waals surface area contributed by atoms with E-state index in [1.807, 2.05) is 29.2 Å². The lowest BCUT2D eigenvalue weighted by Crippen LogP contribution is -2.63. The molecule has 172 valence electrons. The fraction of sp³-hybridized carbons (Fsp3) is 0.500. The molecule has 32 heavy (non-hydrogen) atoms. The Balaban J connectivity index is 1.43. The number of hydrogen-bond donors (Lipinski definition) is 1. The lowest BCUT2D eigenvalue weighted by molar-refractivity contribution is -0.0129. The highest BCUT2D eigenvalue weighted by molar-refractivity contribution is 5.75. The molecule has 0 radical (unpaired) electrons. The van der Waals surface area contributed by atoms with Crippen LogP contribution in [0.25, 0.3) is 0 Å². The van der Waals surface area contributed by atoms with Gasteiger partial charge in [0, 0.05) is 38.3 Å². The molecule has 3 aliphatic rings. The lowest BCUT2D eigenvalue weighted by atomic mass is 9.78. The summed E-state index contributed by atoms with van der Waals surface area (Å²) in [5.41, 5.74) is 1.87. The Hall–Kier alpha value is -2.60. The van der Waals surface area contributed by atoms with Crippen LogP contribution < -0.4 is 10.1 Å². The van der Waals surface area contributed by atoms with Crippen LogP contribution >= 0.6 is 0 Å². The minimum Gasteiger partial charge on any atom is -0.493 e. The Bertz CT molecular complexity index is 877. The van der Waals surface area contributed by atoms with Crippen LogP contribution in [-0.4, -0.2) is 47.6 Å². The van der Waals surface area contributed by atoms with Crippen molar-refractivity contribution in [2.24, 2.45) is 5.92 Å². The third kappa shape index (κ3) is 5.41. The number of halogens is 1. The SMILES string of the molecule is CC(C)COc1ccc(CNC(=O)N(Cc2ccc(F)cc2)C23CCN(CC2)CC3)cc1. The van der Waals surface area contributed by atoms with Crippen LogP contribution in [0, 0.1) is 11.7 Å². The highest BCUT2D eigenvalue weighted by atomic mass is 19.1. The van der Waals surface area contributed by atoms with Gasteiger partial charge >= 0.3 is 6.03 Å². The van der Waals surface area contributed by atoms with E-state index in [2.05, 4.69) is 24.1 Å². The number of nitrogens with one attached hydrogen (secondary N) is 1. The zero-order valence-corrected chi connectivity index (χ0v) is 19.1. The van der Waals surface area contributed by atoms with Gasteiger partial charge in [0.05, 0.1) is 6.61 Å². The second kappa shape index (κ2) is 9.90. The number of hydrogen-bond acceptors (Lipinski definition) is 3. The summed E-state index contributed by atoms with van der Waals surface area (Å²) in [6, 6.07) is 14.3. The molecule has 3 heterocycles. The molecule has 6 heteroatoms. The normalized spacial score (nSPS) is 22.1. The minimum absolute atomic E-state index is 0.0511. The fourth-order valence-electron chi connectivity index (χ4n) is 4.68. The molecular formula is C26H34FN3O2. The Labute approximate surface area is 190 Å². The van der Waals surface area contributed by atoms with Gasteiger partial charge in [-0.05, 0) is 60.6 Å². The number of piperidine rings is 3. The highest BCUT2D eigenvalue weighted by Gasteiger charge is 2.45. The fourth-order valence-corrected chi connectivity index (χ4v) is 4.68. The Morgan fingerprint density at radius 3 is 2.22 bits per heavy atom. The molecule has 0 aliphatic carbocycles. The summed E-state index contributed by atoms with van der Waals surface area (Å²) in [6.45, 7) is 8.99. The summed E-state index contributed by atoms with van der Waals surface area (Å²) in [6.07, 6.45) is 2.97. The van der Waals surface area contributed by atoms with Gasteiger partial charge in [-0.2, -0.15) is 0 Å². The monoisotopic (exact) mass is 439 g/mol. The van der Waals surface area contributed by atoms with Crippen LogP contribution in [0.4, 0.5) is 9.18 Å². The van der Waals surface area contributed by atoms with Gasteiger partial charge in [0.25, 0.3) is 0 Å². The van der Waals surface area contributed by atoms with Gasteiger partial charge in [-0.1, -0.05) is 38.1 Å². The van der Waals surface area contributed by atoms with E-state index in [1.165, 1.54) is 12.1 Å². The van der Waals surface area contributed by atoms with Gasteiger partial charge in [-0.25, -0.2) is 9.18 Å². The van der Waals surface area contributed by atoms with Crippen molar-refractivity contribution in [1.29, 1.82) is 0 Å². The number of urea groups is 1. The maximum Gasteiger partial charge on any atom is 0.318 e. The zero-order chi connectivity index (χ0) is 22.6. The summed E-state index contributed by atoms with van der Waals surface area (Å²) >= 11 is 0. The second-order valence-corrected chi connectivity index (χ2v) is 9.54. The Morgan fingerprint density at radius 1 is 1.03 bits per heavy atom. The largest absolute Gasteiger partial charge is 0.493 e. The first kappa shape index (κ1) is 22.6. The van der Waals surface area contributed by atoms with Gasteiger partial charge in [0.1, 0.15) is 11.6 Å². The topological polar surface area (TPSA) is 44.8 Å². The van der Waals surface area contributed by atoms with Crippen LogP contribution in [0.15, 0.2) is 48.5 Å². The molecule has 2 aromatic carbocycles. The third-order valence-corrected chi connectivity index (χ3v) is 6.70. The molecule has 2 bridgehead atoms. The van der Waals surface area contributed by atoms with Crippen LogP contribution in [0.1, 0.15) is 44.2 Å². The maximum atomic E-state index is 13.4. The van der Waals surface area contributed by atoms with Crippen molar-refractivity contribution in [3.05, 3.63) is 65.5 Å². The molecule has 2 amide bonds. The standard InChI is InChI=1S/C26H34FN3O2/c1-20(2)19-32-24-9-5-21(6-10-24)17-28-25(31)30(18-22-3-7-23(27)8-4-22)26-11-14-29(15-12-26)16-13-26/h3-10,20H,11-19H2,1-2H3,(H,28,31). The lowest BCUT2D eigenvalue weighted by Gasteiger charge is -2.53. The first-order valence-electron chi connectivity index (χ1n) is 11.7. The molecule has 0 saturated carbocycles. The van der Waals surface area contributed by atoms with Gasteiger partial charge in [0.2, 0.25) is 0 Å². The number of ether oxygens (including phenoxy) is 1. The molecule has 3 saturated heterocycles. The van der Waals surface area contributed by atoms with E-state index in [4.69, 9.17) is 4.74 Å². The number of carbonyl (C=O) groups excluding carboxylic acids is 1. The van der Waals surface area contributed by atoms with Gasteiger partial charge < -0.3 is 19.9 Å². The first-order valence-corrected chi connectivity index (χ1v) is 11.7. The van der Waals surface area contributed by atoms with Crippen molar-refractivity contribution >= 4 is 6.03 Å². The van der Waals surface area contributed by atoms with E-state index in [9.17, 15) is 9.18 Å². The summed E-state index contributed by atoms with van der Waals surface area (Å²) in [4.78, 5) is 17.9.